The Kier molecular flexibility index (Phi) is 5.19. The van der Waals surface area contributed by atoms with E-state index in [1.165, 1.54) is 30.4 Å². The minimum atomic E-state index is 0.241. The molecule has 0 radical (unpaired) electrons. The van der Waals surface area contributed by atoms with Crippen molar-refractivity contribution in [1.29, 1.82) is 0 Å². The van der Waals surface area contributed by atoms with Gasteiger partial charge < -0.3 is 15.8 Å². The quantitative estimate of drug-likeness (QED) is 0.839. The van der Waals surface area contributed by atoms with Gasteiger partial charge in [0.2, 0.25) is 0 Å². The third kappa shape index (κ3) is 4.05. The molecule has 2 rings (SSSR count). The van der Waals surface area contributed by atoms with Gasteiger partial charge in [-0.2, -0.15) is 0 Å². The molecule has 0 bridgehead atoms. The molecule has 112 valence electrons. The van der Waals surface area contributed by atoms with Crippen LogP contribution in [0.4, 0.5) is 0 Å². The number of ether oxygens (including phenoxy) is 1. The molecule has 3 N–H and O–H groups in total. The summed E-state index contributed by atoms with van der Waals surface area (Å²) in [5.74, 6) is 0. The fourth-order valence-corrected chi connectivity index (χ4v) is 3.23. The van der Waals surface area contributed by atoms with Crippen molar-refractivity contribution in [2.45, 2.75) is 51.8 Å². The van der Waals surface area contributed by atoms with Crippen LogP contribution >= 0.6 is 0 Å². The summed E-state index contributed by atoms with van der Waals surface area (Å²) in [4.78, 5) is 0. The lowest BCUT2D eigenvalue weighted by atomic mass is 9.91. The highest BCUT2D eigenvalue weighted by Crippen LogP contribution is 2.37. The van der Waals surface area contributed by atoms with Crippen molar-refractivity contribution in [1.82, 2.24) is 5.32 Å². The van der Waals surface area contributed by atoms with Crippen LogP contribution in [0, 0.1) is 5.41 Å². The predicted molar refractivity (Wildman–Crippen MR) is 83.5 cm³/mol. The third-order valence-electron chi connectivity index (χ3n) is 4.31. The summed E-state index contributed by atoms with van der Waals surface area (Å²) in [6.07, 6.45) is 3.79. The van der Waals surface area contributed by atoms with Crippen molar-refractivity contribution in [3.05, 3.63) is 35.4 Å². The number of benzene rings is 1. The van der Waals surface area contributed by atoms with Crippen molar-refractivity contribution in [2.24, 2.45) is 11.1 Å². The Morgan fingerprint density at radius 2 is 2.25 bits per heavy atom. The molecular formula is C17H28N2O. The van der Waals surface area contributed by atoms with E-state index < -0.39 is 0 Å². The molecule has 0 heterocycles. The maximum atomic E-state index is 5.98. The van der Waals surface area contributed by atoms with Crippen LogP contribution in [0.15, 0.2) is 24.3 Å². The van der Waals surface area contributed by atoms with Gasteiger partial charge in [-0.15, -0.1) is 0 Å². The van der Waals surface area contributed by atoms with Gasteiger partial charge in [0.05, 0.1) is 6.61 Å². The Labute approximate surface area is 122 Å². The Morgan fingerprint density at radius 1 is 1.45 bits per heavy atom. The first kappa shape index (κ1) is 15.5. The number of hydrogen-bond acceptors (Lipinski definition) is 3. The molecule has 2 atom stereocenters. The second-order valence-electron chi connectivity index (χ2n) is 6.74. The molecule has 1 aliphatic rings. The Hall–Kier alpha value is -0.900. The van der Waals surface area contributed by atoms with E-state index in [1.54, 1.807) is 7.11 Å². The van der Waals surface area contributed by atoms with Gasteiger partial charge in [0.1, 0.15) is 0 Å². The second-order valence-corrected chi connectivity index (χ2v) is 6.74. The predicted octanol–water partition coefficient (Wildman–Crippen LogP) is 3.00. The Bertz CT molecular complexity index is 431. The van der Waals surface area contributed by atoms with E-state index in [9.17, 15) is 0 Å². The molecule has 0 spiro atoms. The van der Waals surface area contributed by atoms with Crippen LogP contribution in [-0.2, 0) is 11.3 Å². The lowest BCUT2D eigenvalue weighted by Crippen LogP contribution is -2.35. The molecule has 3 heteroatoms. The average Bonchev–Trinajstić information content (AvgIpc) is 2.76. The summed E-state index contributed by atoms with van der Waals surface area (Å²) < 4.78 is 5.21. The number of rotatable bonds is 6. The molecule has 1 fully saturated rings. The Morgan fingerprint density at radius 3 is 2.85 bits per heavy atom. The molecule has 3 nitrogen and oxygen atoms in total. The van der Waals surface area contributed by atoms with E-state index >= 15 is 0 Å². The lowest BCUT2D eigenvalue weighted by molar-refractivity contribution is 0.185. The topological polar surface area (TPSA) is 47.3 Å². The zero-order valence-electron chi connectivity index (χ0n) is 13.0. The number of hydrogen-bond donors (Lipinski definition) is 2. The van der Waals surface area contributed by atoms with Crippen LogP contribution in [-0.4, -0.2) is 19.7 Å². The van der Waals surface area contributed by atoms with Crippen LogP contribution < -0.4 is 11.1 Å². The number of nitrogens with one attached hydrogen (secondary N) is 1. The highest BCUT2D eigenvalue weighted by atomic mass is 16.5. The minimum Gasteiger partial charge on any atom is -0.380 e. The summed E-state index contributed by atoms with van der Waals surface area (Å²) in [6, 6.07) is 9.37. The van der Waals surface area contributed by atoms with E-state index in [0.29, 0.717) is 24.6 Å². The average molecular weight is 276 g/mol. The first-order chi connectivity index (χ1) is 9.54. The van der Waals surface area contributed by atoms with E-state index in [4.69, 9.17) is 10.5 Å². The van der Waals surface area contributed by atoms with Crippen LogP contribution in [0.2, 0.25) is 0 Å². The highest BCUT2D eigenvalue weighted by Gasteiger charge is 2.31. The van der Waals surface area contributed by atoms with Crippen LogP contribution in [0.25, 0.3) is 0 Å². The second kappa shape index (κ2) is 6.70. The van der Waals surface area contributed by atoms with Crippen molar-refractivity contribution in [3.63, 3.8) is 0 Å². The lowest BCUT2D eigenvalue weighted by Gasteiger charge is -2.24. The maximum absolute atomic E-state index is 5.98. The normalized spacial score (nSPS) is 22.9. The molecule has 0 aromatic heterocycles. The molecule has 1 aliphatic carbocycles. The van der Waals surface area contributed by atoms with Gasteiger partial charge in [0, 0.05) is 25.7 Å². The largest absolute Gasteiger partial charge is 0.380 e. The van der Waals surface area contributed by atoms with Gasteiger partial charge in [-0.1, -0.05) is 38.1 Å². The molecule has 0 amide bonds. The van der Waals surface area contributed by atoms with Crippen molar-refractivity contribution < 1.29 is 4.74 Å². The summed E-state index contributed by atoms with van der Waals surface area (Å²) in [6.45, 7) is 5.99. The number of nitrogens with two attached hydrogens (primary N) is 1. The van der Waals surface area contributed by atoms with E-state index in [-0.39, 0.29) is 6.04 Å². The molecule has 20 heavy (non-hydrogen) atoms. The van der Waals surface area contributed by atoms with Crippen LogP contribution in [0.1, 0.15) is 50.3 Å². The zero-order valence-corrected chi connectivity index (χ0v) is 13.0. The SMILES string of the molecule is COCc1cccc(C(CN)NC2CCC(C)(C)C2)c1. The van der Waals surface area contributed by atoms with Crippen molar-refractivity contribution in [2.75, 3.05) is 13.7 Å². The van der Waals surface area contributed by atoms with E-state index in [1.807, 2.05) is 0 Å². The molecular weight excluding hydrogens is 248 g/mol. The summed E-state index contributed by atoms with van der Waals surface area (Å²) in [5.41, 5.74) is 8.92. The zero-order chi connectivity index (χ0) is 14.6. The van der Waals surface area contributed by atoms with Gasteiger partial charge >= 0.3 is 0 Å². The molecule has 0 saturated heterocycles. The van der Waals surface area contributed by atoms with Gasteiger partial charge in [0.15, 0.2) is 0 Å². The van der Waals surface area contributed by atoms with Gasteiger partial charge in [-0.3, -0.25) is 0 Å². The highest BCUT2D eigenvalue weighted by molar-refractivity contribution is 5.26. The fraction of sp³-hybridized carbons (Fsp3) is 0.647. The van der Waals surface area contributed by atoms with Crippen LogP contribution in [0.5, 0.6) is 0 Å². The molecule has 1 aromatic carbocycles. The van der Waals surface area contributed by atoms with Crippen molar-refractivity contribution in [3.8, 4) is 0 Å². The summed E-state index contributed by atoms with van der Waals surface area (Å²) >= 11 is 0. The first-order valence-electron chi connectivity index (χ1n) is 7.58. The monoisotopic (exact) mass is 276 g/mol. The first-order valence-corrected chi connectivity index (χ1v) is 7.58. The number of methoxy groups -OCH3 is 1. The smallest absolute Gasteiger partial charge is 0.0713 e. The molecule has 0 aliphatic heterocycles. The summed E-state index contributed by atoms with van der Waals surface area (Å²) in [5, 5.41) is 3.74. The van der Waals surface area contributed by atoms with E-state index in [2.05, 4.69) is 43.4 Å². The van der Waals surface area contributed by atoms with Gasteiger partial charge in [0.25, 0.3) is 0 Å². The summed E-state index contributed by atoms with van der Waals surface area (Å²) in [7, 11) is 1.73. The van der Waals surface area contributed by atoms with Crippen LogP contribution in [0.3, 0.4) is 0 Å². The van der Waals surface area contributed by atoms with E-state index in [0.717, 1.165) is 0 Å². The minimum absolute atomic E-state index is 0.241. The molecule has 1 saturated carbocycles. The van der Waals surface area contributed by atoms with Gasteiger partial charge in [-0.25, -0.2) is 0 Å². The molecule has 2 unspecified atom stereocenters. The third-order valence-corrected chi connectivity index (χ3v) is 4.31. The van der Waals surface area contributed by atoms with Gasteiger partial charge in [-0.05, 0) is 35.8 Å². The fourth-order valence-electron chi connectivity index (χ4n) is 3.23. The Balaban J connectivity index is 2.03. The van der Waals surface area contributed by atoms with Crippen molar-refractivity contribution >= 4 is 0 Å². The maximum Gasteiger partial charge on any atom is 0.0713 e. The molecule has 1 aromatic rings. The standard InChI is InChI=1S/C17H28N2O/c1-17(2)8-7-15(10-17)19-16(11-18)14-6-4-5-13(9-14)12-20-3/h4-6,9,15-16,19H,7-8,10-12,18H2,1-3H3.